The lowest BCUT2D eigenvalue weighted by Crippen LogP contribution is -2.26. The van der Waals surface area contributed by atoms with Crippen LogP contribution in [0, 0.1) is 0 Å². The Morgan fingerprint density at radius 1 is 1.41 bits per heavy atom. The molecule has 0 spiro atoms. The highest BCUT2D eigenvalue weighted by Gasteiger charge is 2.15. The van der Waals surface area contributed by atoms with Crippen molar-refractivity contribution in [3.05, 3.63) is 16.2 Å². The Hall–Kier alpha value is -0.870. The minimum Gasteiger partial charge on any atom is -0.357 e. The predicted molar refractivity (Wildman–Crippen MR) is 75.3 cm³/mol. The van der Waals surface area contributed by atoms with Crippen LogP contribution in [0.4, 0.5) is 5.82 Å². The van der Waals surface area contributed by atoms with E-state index in [1.165, 1.54) is 4.88 Å². The first-order chi connectivity index (χ1) is 8.02. The molecule has 92 valence electrons. The second kappa shape index (κ2) is 4.78. The first kappa shape index (κ1) is 12.6. The molecule has 0 saturated carbocycles. The molecule has 0 N–H and O–H groups in total. The molecule has 2 aromatic rings. The molecular weight excluding hydrogens is 254 g/mol. The summed E-state index contributed by atoms with van der Waals surface area (Å²) in [5.41, 5.74) is 0. The van der Waals surface area contributed by atoms with Gasteiger partial charge in [0.1, 0.15) is 10.6 Å². The SMILES string of the molecule is CCc1cc2c(N(C)C(C)C)nc(Cl)nc2s1. The van der Waals surface area contributed by atoms with Crippen molar-refractivity contribution < 1.29 is 0 Å². The maximum absolute atomic E-state index is 5.98. The highest BCUT2D eigenvalue weighted by atomic mass is 35.5. The summed E-state index contributed by atoms with van der Waals surface area (Å²) < 4.78 is 0. The quantitative estimate of drug-likeness (QED) is 0.795. The second-order valence-corrected chi connectivity index (χ2v) is 5.76. The molecule has 17 heavy (non-hydrogen) atoms. The van der Waals surface area contributed by atoms with Crippen molar-refractivity contribution in [2.24, 2.45) is 0 Å². The Balaban J connectivity index is 2.64. The third-order valence-electron chi connectivity index (χ3n) is 2.85. The van der Waals surface area contributed by atoms with E-state index in [1.54, 1.807) is 11.3 Å². The number of rotatable bonds is 3. The largest absolute Gasteiger partial charge is 0.357 e. The molecule has 0 unspecified atom stereocenters. The monoisotopic (exact) mass is 269 g/mol. The van der Waals surface area contributed by atoms with Gasteiger partial charge < -0.3 is 4.90 Å². The lowest BCUT2D eigenvalue weighted by molar-refractivity contribution is 0.745. The van der Waals surface area contributed by atoms with E-state index in [-0.39, 0.29) is 0 Å². The summed E-state index contributed by atoms with van der Waals surface area (Å²) >= 11 is 7.68. The fourth-order valence-corrected chi connectivity index (χ4v) is 2.80. The van der Waals surface area contributed by atoms with Gasteiger partial charge in [0, 0.05) is 18.0 Å². The molecule has 0 atom stereocenters. The molecule has 2 rings (SSSR count). The topological polar surface area (TPSA) is 29.0 Å². The summed E-state index contributed by atoms with van der Waals surface area (Å²) in [7, 11) is 2.03. The van der Waals surface area contributed by atoms with Gasteiger partial charge in [0.05, 0.1) is 5.39 Å². The van der Waals surface area contributed by atoms with Crippen LogP contribution >= 0.6 is 22.9 Å². The Labute approximate surface area is 110 Å². The average Bonchev–Trinajstić information content (AvgIpc) is 2.69. The normalized spacial score (nSPS) is 11.4. The number of nitrogens with zero attached hydrogens (tertiary/aromatic N) is 3. The third kappa shape index (κ3) is 2.38. The Bertz CT molecular complexity index is 536. The number of thiophene rings is 1. The van der Waals surface area contributed by atoms with E-state index in [2.05, 4.69) is 41.7 Å². The van der Waals surface area contributed by atoms with E-state index >= 15 is 0 Å². The Morgan fingerprint density at radius 2 is 2.12 bits per heavy atom. The standard InChI is InChI=1S/C12H16ClN3S/c1-5-8-6-9-10(16(4)7(2)3)14-12(13)15-11(9)17-8/h6-7H,5H2,1-4H3. The van der Waals surface area contributed by atoms with Crippen LogP contribution in [0.3, 0.4) is 0 Å². The van der Waals surface area contributed by atoms with Gasteiger partial charge in [0.2, 0.25) is 5.28 Å². The summed E-state index contributed by atoms with van der Waals surface area (Å²) in [6.45, 7) is 6.41. The van der Waals surface area contributed by atoms with E-state index in [9.17, 15) is 0 Å². The molecule has 0 bridgehead atoms. The summed E-state index contributed by atoms with van der Waals surface area (Å²) in [5, 5.41) is 1.43. The molecule has 0 amide bonds. The van der Waals surface area contributed by atoms with Gasteiger partial charge in [-0.15, -0.1) is 11.3 Å². The molecule has 0 radical (unpaired) electrons. The van der Waals surface area contributed by atoms with E-state index in [1.807, 2.05) is 7.05 Å². The fourth-order valence-electron chi connectivity index (χ4n) is 1.62. The zero-order valence-corrected chi connectivity index (χ0v) is 12.1. The second-order valence-electron chi connectivity index (χ2n) is 4.31. The van der Waals surface area contributed by atoms with Crippen molar-refractivity contribution in [3.63, 3.8) is 0 Å². The van der Waals surface area contributed by atoms with Crippen LogP contribution in [0.5, 0.6) is 0 Å². The first-order valence-electron chi connectivity index (χ1n) is 5.71. The predicted octanol–water partition coefficient (Wildman–Crippen LogP) is 3.75. The highest BCUT2D eigenvalue weighted by molar-refractivity contribution is 7.18. The molecule has 0 aliphatic carbocycles. The number of hydrogen-bond acceptors (Lipinski definition) is 4. The lowest BCUT2D eigenvalue weighted by Gasteiger charge is -2.23. The molecule has 2 aromatic heterocycles. The summed E-state index contributed by atoms with van der Waals surface area (Å²) in [5.74, 6) is 0.922. The first-order valence-corrected chi connectivity index (χ1v) is 6.91. The molecule has 0 aromatic carbocycles. The fraction of sp³-hybridized carbons (Fsp3) is 0.500. The maximum Gasteiger partial charge on any atom is 0.225 e. The third-order valence-corrected chi connectivity index (χ3v) is 4.20. The minimum atomic E-state index is 0.324. The van der Waals surface area contributed by atoms with E-state index < -0.39 is 0 Å². The molecule has 0 aliphatic heterocycles. The van der Waals surface area contributed by atoms with Crippen LogP contribution < -0.4 is 4.90 Å². The van der Waals surface area contributed by atoms with Gasteiger partial charge in [-0.2, -0.15) is 4.98 Å². The number of anilines is 1. The number of aryl methyl sites for hydroxylation is 1. The van der Waals surface area contributed by atoms with Crippen LogP contribution in [-0.4, -0.2) is 23.1 Å². The highest BCUT2D eigenvalue weighted by Crippen LogP contribution is 2.32. The van der Waals surface area contributed by atoms with Gasteiger partial charge in [0.25, 0.3) is 0 Å². The van der Waals surface area contributed by atoms with E-state index in [4.69, 9.17) is 11.6 Å². The average molecular weight is 270 g/mol. The lowest BCUT2D eigenvalue weighted by atomic mass is 10.2. The molecule has 5 heteroatoms. The molecule has 0 aliphatic rings. The minimum absolute atomic E-state index is 0.324. The summed E-state index contributed by atoms with van der Waals surface area (Å²) in [6.07, 6.45) is 1.02. The zero-order chi connectivity index (χ0) is 12.6. The smallest absolute Gasteiger partial charge is 0.225 e. The van der Waals surface area contributed by atoms with Gasteiger partial charge >= 0.3 is 0 Å². The van der Waals surface area contributed by atoms with Crippen molar-refractivity contribution in [3.8, 4) is 0 Å². The van der Waals surface area contributed by atoms with E-state index in [0.29, 0.717) is 11.3 Å². The van der Waals surface area contributed by atoms with Crippen LogP contribution in [0.25, 0.3) is 10.2 Å². The van der Waals surface area contributed by atoms with Crippen molar-refractivity contribution in [2.45, 2.75) is 33.2 Å². The summed E-state index contributed by atoms with van der Waals surface area (Å²) in [6, 6.07) is 2.55. The molecule has 3 nitrogen and oxygen atoms in total. The van der Waals surface area contributed by atoms with Crippen LogP contribution in [0.2, 0.25) is 5.28 Å². The number of halogens is 1. The van der Waals surface area contributed by atoms with Gasteiger partial charge in [-0.05, 0) is 37.9 Å². The summed E-state index contributed by atoms with van der Waals surface area (Å²) in [4.78, 5) is 13.1. The molecule has 0 saturated heterocycles. The molecule has 0 fully saturated rings. The maximum atomic E-state index is 5.98. The van der Waals surface area contributed by atoms with Crippen molar-refractivity contribution >= 4 is 39.0 Å². The molecule has 2 heterocycles. The zero-order valence-electron chi connectivity index (χ0n) is 10.5. The molecular formula is C12H16ClN3S. The Kier molecular flexibility index (Phi) is 3.54. The Morgan fingerprint density at radius 3 is 2.71 bits per heavy atom. The van der Waals surface area contributed by atoms with Crippen molar-refractivity contribution in [1.29, 1.82) is 0 Å². The number of aromatic nitrogens is 2. The van der Waals surface area contributed by atoms with E-state index in [0.717, 1.165) is 22.5 Å². The van der Waals surface area contributed by atoms with Gasteiger partial charge in [-0.3, -0.25) is 0 Å². The van der Waals surface area contributed by atoms with Crippen molar-refractivity contribution in [2.75, 3.05) is 11.9 Å². The number of hydrogen-bond donors (Lipinski definition) is 0. The van der Waals surface area contributed by atoms with Crippen LogP contribution in [-0.2, 0) is 6.42 Å². The van der Waals surface area contributed by atoms with Gasteiger partial charge in [-0.1, -0.05) is 6.92 Å². The van der Waals surface area contributed by atoms with Gasteiger partial charge in [0.15, 0.2) is 0 Å². The van der Waals surface area contributed by atoms with Crippen LogP contribution in [0.15, 0.2) is 6.07 Å². The van der Waals surface area contributed by atoms with Crippen LogP contribution in [0.1, 0.15) is 25.6 Å². The van der Waals surface area contributed by atoms with Crippen molar-refractivity contribution in [1.82, 2.24) is 9.97 Å². The van der Waals surface area contributed by atoms with Gasteiger partial charge in [-0.25, -0.2) is 4.98 Å². The number of fused-ring (bicyclic) bond motifs is 1.